The highest BCUT2D eigenvalue weighted by Crippen LogP contribution is 2.30. The number of hydrogen-bond acceptors (Lipinski definition) is 3. The van der Waals surface area contributed by atoms with Crippen molar-refractivity contribution in [1.82, 2.24) is 4.72 Å². The van der Waals surface area contributed by atoms with E-state index in [-0.39, 0.29) is 6.04 Å². The first-order chi connectivity index (χ1) is 9.95. The van der Waals surface area contributed by atoms with Gasteiger partial charge in [0.25, 0.3) is 0 Å². The molecule has 0 aromatic heterocycles. The Morgan fingerprint density at radius 2 is 2.05 bits per heavy atom. The highest BCUT2D eigenvalue weighted by atomic mass is 32.2. The fourth-order valence-corrected chi connectivity index (χ4v) is 4.95. The van der Waals surface area contributed by atoms with Crippen LogP contribution in [0.25, 0.3) is 0 Å². The van der Waals surface area contributed by atoms with Crippen LogP contribution in [0.5, 0.6) is 0 Å². The quantitative estimate of drug-likeness (QED) is 0.902. The van der Waals surface area contributed by atoms with E-state index in [9.17, 15) is 8.42 Å². The van der Waals surface area contributed by atoms with Crippen molar-refractivity contribution in [3.63, 3.8) is 0 Å². The lowest BCUT2D eigenvalue weighted by Gasteiger charge is -2.32. The summed E-state index contributed by atoms with van der Waals surface area (Å²) in [5.74, 6) is 1.10. The van der Waals surface area contributed by atoms with Crippen molar-refractivity contribution in [2.24, 2.45) is 11.8 Å². The van der Waals surface area contributed by atoms with Crippen LogP contribution in [0.15, 0.2) is 23.1 Å². The van der Waals surface area contributed by atoms with E-state index in [0.717, 1.165) is 37.9 Å². The van der Waals surface area contributed by atoms with Crippen LogP contribution in [0.1, 0.15) is 38.7 Å². The van der Waals surface area contributed by atoms with Crippen LogP contribution in [0.4, 0.5) is 5.69 Å². The van der Waals surface area contributed by atoms with Crippen LogP contribution in [0.3, 0.4) is 0 Å². The molecule has 0 spiro atoms. The minimum absolute atomic E-state index is 0.0624. The second kappa shape index (κ2) is 5.61. The smallest absolute Gasteiger partial charge is 0.240 e. The molecule has 1 aliphatic heterocycles. The zero-order valence-electron chi connectivity index (χ0n) is 12.7. The van der Waals surface area contributed by atoms with Gasteiger partial charge in [-0.05, 0) is 55.2 Å². The summed E-state index contributed by atoms with van der Waals surface area (Å²) < 4.78 is 28.1. The Kier molecular flexibility index (Phi) is 3.97. The average Bonchev–Trinajstić information content (AvgIpc) is 2.89. The summed E-state index contributed by atoms with van der Waals surface area (Å²) >= 11 is 0. The van der Waals surface area contributed by atoms with Crippen LogP contribution in [0.2, 0.25) is 0 Å². The van der Waals surface area contributed by atoms with Crippen LogP contribution < -0.4 is 10.0 Å². The van der Waals surface area contributed by atoms with Crippen molar-refractivity contribution in [3.05, 3.63) is 23.8 Å². The van der Waals surface area contributed by atoms with Crippen LogP contribution >= 0.6 is 0 Å². The van der Waals surface area contributed by atoms with E-state index >= 15 is 0 Å². The standard InChI is InChI=1S/C16H24N2O2S/c1-11-3-6-15(12(2)9-11)18-21(19,20)14-5-4-13-7-8-17-16(13)10-14/h4-5,10-12,15,17-18H,3,6-9H2,1-2H3. The third-order valence-electron chi connectivity index (χ3n) is 4.84. The summed E-state index contributed by atoms with van der Waals surface area (Å²) in [5, 5.41) is 3.24. The molecule has 1 aliphatic carbocycles. The summed E-state index contributed by atoms with van der Waals surface area (Å²) in [6.45, 7) is 5.28. The summed E-state index contributed by atoms with van der Waals surface area (Å²) in [7, 11) is -3.42. The molecular weight excluding hydrogens is 284 g/mol. The van der Waals surface area contributed by atoms with Gasteiger partial charge < -0.3 is 5.32 Å². The van der Waals surface area contributed by atoms with Gasteiger partial charge in [0.05, 0.1) is 4.90 Å². The van der Waals surface area contributed by atoms with Crippen LogP contribution in [-0.4, -0.2) is 21.0 Å². The Hall–Kier alpha value is -1.07. The van der Waals surface area contributed by atoms with Gasteiger partial charge in [-0.1, -0.05) is 19.9 Å². The largest absolute Gasteiger partial charge is 0.384 e. The second-order valence-electron chi connectivity index (χ2n) is 6.62. The molecule has 3 unspecified atom stereocenters. The van der Waals surface area contributed by atoms with E-state index in [1.165, 1.54) is 5.56 Å². The molecule has 0 amide bonds. The molecule has 0 bridgehead atoms. The molecule has 0 saturated heterocycles. The van der Waals surface area contributed by atoms with Crippen molar-refractivity contribution in [2.75, 3.05) is 11.9 Å². The summed E-state index contributed by atoms with van der Waals surface area (Å²) in [5.41, 5.74) is 2.16. The van der Waals surface area contributed by atoms with Crippen molar-refractivity contribution in [2.45, 2.75) is 50.5 Å². The molecule has 0 radical (unpaired) electrons. The topological polar surface area (TPSA) is 58.2 Å². The van der Waals surface area contributed by atoms with Crippen molar-refractivity contribution in [3.8, 4) is 0 Å². The number of anilines is 1. The van der Waals surface area contributed by atoms with Gasteiger partial charge in [0, 0.05) is 18.3 Å². The van der Waals surface area contributed by atoms with E-state index < -0.39 is 10.0 Å². The third-order valence-corrected chi connectivity index (χ3v) is 6.33. The summed E-state index contributed by atoms with van der Waals surface area (Å²) in [6.07, 6.45) is 4.10. The summed E-state index contributed by atoms with van der Waals surface area (Å²) in [4.78, 5) is 0.376. The lowest BCUT2D eigenvalue weighted by Crippen LogP contribution is -2.42. The van der Waals surface area contributed by atoms with E-state index in [2.05, 4.69) is 23.9 Å². The molecule has 3 rings (SSSR count). The fraction of sp³-hybridized carbons (Fsp3) is 0.625. The maximum Gasteiger partial charge on any atom is 0.240 e. The Balaban J connectivity index is 1.78. The van der Waals surface area contributed by atoms with Crippen molar-refractivity contribution < 1.29 is 8.42 Å². The molecule has 1 aromatic carbocycles. The number of nitrogens with one attached hydrogen (secondary N) is 2. The number of sulfonamides is 1. The Bertz CT molecular complexity index is 627. The highest BCUT2D eigenvalue weighted by Gasteiger charge is 2.29. The fourth-order valence-electron chi connectivity index (χ4n) is 3.54. The van der Waals surface area contributed by atoms with Crippen LogP contribution in [0, 0.1) is 11.8 Å². The molecule has 1 heterocycles. The molecule has 1 fully saturated rings. The van der Waals surface area contributed by atoms with Gasteiger partial charge in [-0.2, -0.15) is 0 Å². The Morgan fingerprint density at radius 3 is 2.81 bits per heavy atom. The van der Waals surface area contributed by atoms with Gasteiger partial charge in [0.2, 0.25) is 10.0 Å². The van der Waals surface area contributed by atoms with Gasteiger partial charge in [0.15, 0.2) is 0 Å². The highest BCUT2D eigenvalue weighted by molar-refractivity contribution is 7.89. The molecule has 3 atom stereocenters. The van der Waals surface area contributed by atoms with Gasteiger partial charge in [-0.3, -0.25) is 0 Å². The molecule has 1 aromatic rings. The molecule has 21 heavy (non-hydrogen) atoms. The summed E-state index contributed by atoms with van der Waals surface area (Å²) in [6, 6.07) is 5.48. The number of benzene rings is 1. The zero-order valence-corrected chi connectivity index (χ0v) is 13.5. The number of hydrogen-bond donors (Lipinski definition) is 2. The molecular formula is C16H24N2O2S. The lowest BCUT2D eigenvalue weighted by molar-refractivity contribution is 0.249. The minimum Gasteiger partial charge on any atom is -0.384 e. The average molecular weight is 308 g/mol. The second-order valence-corrected chi connectivity index (χ2v) is 8.33. The molecule has 2 N–H and O–H groups in total. The van der Waals surface area contributed by atoms with E-state index in [1.807, 2.05) is 6.07 Å². The lowest BCUT2D eigenvalue weighted by atomic mass is 9.80. The third kappa shape index (κ3) is 3.09. The minimum atomic E-state index is -3.42. The predicted octanol–water partition coefficient (Wildman–Crippen LogP) is 2.76. The molecule has 116 valence electrons. The maximum atomic E-state index is 12.6. The maximum absolute atomic E-state index is 12.6. The molecule has 2 aliphatic rings. The first-order valence-electron chi connectivity index (χ1n) is 7.85. The van der Waals surface area contributed by atoms with Gasteiger partial charge in [-0.15, -0.1) is 0 Å². The van der Waals surface area contributed by atoms with Gasteiger partial charge in [-0.25, -0.2) is 13.1 Å². The Morgan fingerprint density at radius 1 is 1.24 bits per heavy atom. The van der Waals surface area contributed by atoms with Crippen molar-refractivity contribution >= 4 is 15.7 Å². The molecule has 4 nitrogen and oxygen atoms in total. The number of rotatable bonds is 3. The first kappa shape index (κ1) is 14.9. The monoisotopic (exact) mass is 308 g/mol. The normalized spacial score (nSPS) is 29.0. The SMILES string of the molecule is CC1CCC(NS(=O)(=O)c2ccc3c(c2)NCC3)C(C)C1. The Labute approximate surface area is 127 Å². The van der Waals surface area contributed by atoms with Gasteiger partial charge in [0.1, 0.15) is 0 Å². The molecule has 1 saturated carbocycles. The van der Waals surface area contributed by atoms with E-state index in [0.29, 0.717) is 16.7 Å². The van der Waals surface area contributed by atoms with Gasteiger partial charge >= 0.3 is 0 Å². The van der Waals surface area contributed by atoms with E-state index in [1.54, 1.807) is 12.1 Å². The predicted molar refractivity (Wildman–Crippen MR) is 84.9 cm³/mol. The van der Waals surface area contributed by atoms with Crippen LogP contribution in [-0.2, 0) is 16.4 Å². The molecule has 5 heteroatoms. The first-order valence-corrected chi connectivity index (χ1v) is 9.33. The zero-order chi connectivity index (χ0) is 15.0. The van der Waals surface area contributed by atoms with E-state index in [4.69, 9.17) is 0 Å². The number of fused-ring (bicyclic) bond motifs is 1. The van der Waals surface area contributed by atoms with Crippen molar-refractivity contribution in [1.29, 1.82) is 0 Å².